The Labute approximate surface area is 119 Å². The molecule has 19 heavy (non-hydrogen) atoms. The summed E-state index contributed by atoms with van der Waals surface area (Å²) in [5, 5.41) is 14.9. The maximum absolute atomic E-state index is 11.7. The fourth-order valence-electron chi connectivity index (χ4n) is 1.35. The van der Waals surface area contributed by atoms with Gasteiger partial charge in [-0.2, -0.15) is 0 Å². The molecule has 0 saturated heterocycles. The van der Waals surface area contributed by atoms with Crippen molar-refractivity contribution in [3.8, 4) is 5.75 Å². The van der Waals surface area contributed by atoms with E-state index in [1.165, 1.54) is 12.3 Å². The number of carbonyl (C=O) groups excluding carboxylic acids is 1. The third-order valence-corrected chi connectivity index (χ3v) is 3.04. The molecule has 0 saturated carbocycles. The Hall–Kier alpha value is -1.98. The molecule has 1 heterocycles. The highest BCUT2D eigenvalue weighted by molar-refractivity contribution is 6.44. The number of urea groups is 1. The Kier molecular flexibility index (Phi) is 4.09. The molecule has 5 nitrogen and oxygen atoms in total. The number of aromatic hydroxyl groups is 1. The molecule has 7 heteroatoms. The number of nitrogens with one attached hydrogen (secondary N) is 2. The molecule has 0 aliphatic heterocycles. The number of hydrogen-bond donors (Lipinski definition) is 3. The van der Waals surface area contributed by atoms with Gasteiger partial charge in [0.25, 0.3) is 0 Å². The molecular formula is C12H9Cl2N3O2. The topological polar surface area (TPSA) is 74.2 Å². The zero-order valence-corrected chi connectivity index (χ0v) is 11.0. The molecule has 0 radical (unpaired) electrons. The minimum atomic E-state index is -0.585. The molecule has 0 aliphatic carbocycles. The van der Waals surface area contributed by atoms with E-state index in [2.05, 4.69) is 15.6 Å². The van der Waals surface area contributed by atoms with Gasteiger partial charge in [0.2, 0.25) is 0 Å². The molecule has 0 aliphatic rings. The second-order valence-corrected chi connectivity index (χ2v) is 4.34. The van der Waals surface area contributed by atoms with Gasteiger partial charge in [0, 0.05) is 6.20 Å². The fourth-order valence-corrected chi connectivity index (χ4v) is 1.70. The predicted octanol–water partition coefficient (Wildman–Crippen LogP) is 3.74. The molecule has 0 spiro atoms. The van der Waals surface area contributed by atoms with Gasteiger partial charge >= 0.3 is 6.03 Å². The van der Waals surface area contributed by atoms with Crippen LogP contribution >= 0.6 is 23.2 Å². The van der Waals surface area contributed by atoms with Crippen LogP contribution in [-0.4, -0.2) is 16.1 Å². The van der Waals surface area contributed by atoms with Crippen molar-refractivity contribution in [2.24, 2.45) is 0 Å². The van der Waals surface area contributed by atoms with Gasteiger partial charge in [-0.25, -0.2) is 9.78 Å². The first-order chi connectivity index (χ1) is 9.08. The maximum Gasteiger partial charge on any atom is 0.324 e. The van der Waals surface area contributed by atoms with Gasteiger partial charge in [0.15, 0.2) is 11.6 Å². The summed E-state index contributed by atoms with van der Waals surface area (Å²) in [6, 6.07) is 7.24. The summed E-state index contributed by atoms with van der Waals surface area (Å²) in [7, 11) is 0. The molecule has 2 rings (SSSR count). The quantitative estimate of drug-likeness (QED) is 0.790. The van der Waals surface area contributed by atoms with Gasteiger partial charge in [0.05, 0.1) is 15.7 Å². The monoisotopic (exact) mass is 297 g/mol. The number of hydrogen-bond acceptors (Lipinski definition) is 3. The van der Waals surface area contributed by atoms with Crippen molar-refractivity contribution in [3.63, 3.8) is 0 Å². The smallest absolute Gasteiger partial charge is 0.324 e. The van der Waals surface area contributed by atoms with Crippen LogP contribution in [0, 0.1) is 0 Å². The Morgan fingerprint density at radius 1 is 1.16 bits per heavy atom. The SMILES string of the molecule is O=C(Nc1cccc(Cl)c1Cl)Nc1ncccc1O. The first-order valence-corrected chi connectivity index (χ1v) is 5.99. The number of amides is 2. The number of pyridine rings is 1. The van der Waals surface area contributed by atoms with Crippen molar-refractivity contribution < 1.29 is 9.90 Å². The minimum absolute atomic E-state index is 0.0538. The van der Waals surface area contributed by atoms with Crippen LogP contribution in [0.4, 0.5) is 16.3 Å². The van der Waals surface area contributed by atoms with Crippen molar-refractivity contribution in [1.29, 1.82) is 0 Å². The van der Waals surface area contributed by atoms with Gasteiger partial charge in [-0.05, 0) is 24.3 Å². The number of aromatic nitrogens is 1. The molecule has 0 unspecified atom stereocenters. The van der Waals surface area contributed by atoms with Crippen LogP contribution in [0.5, 0.6) is 5.75 Å². The summed E-state index contributed by atoms with van der Waals surface area (Å²) in [6.45, 7) is 0. The van der Waals surface area contributed by atoms with Crippen LogP contribution in [0.15, 0.2) is 36.5 Å². The summed E-state index contributed by atoms with van der Waals surface area (Å²) < 4.78 is 0. The van der Waals surface area contributed by atoms with Crippen LogP contribution in [0.2, 0.25) is 10.0 Å². The lowest BCUT2D eigenvalue weighted by Crippen LogP contribution is -2.20. The minimum Gasteiger partial charge on any atom is -0.504 e. The van der Waals surface area contributed by atoms with Crippen LogP contribution in [-0.2, 0) is 0 Å². The Bertz CT molecular complexity index is 620. The van der Waals surface area contributed by atoms with E-state index in [1.54, 1.807) is 24.3 Å². The summed E-state index contributed by atoms with van der Waals surface area (Å²) >= 11 is 11.8. The highest BCUT2D eigenvalue weighted by Gasteiger charge is 2.10. The molecule has 2 amide bonds. The maximum atomic E-state index is 11.7. The van der Waals surface area contributed by atoms with E-state index in [9.17, 15) is 9.90 Å². The van der Waals surface area contributed by atoms with E-state index in [0.29, 0.717) is 10.7 Å². The molecule has 0 bridgehead atoms. The fraction of sp³-hybridized carbons (Fsp3) is 0. The first kappa shape index (κ1) is 13.5. The van der Waals surface area contributed by atoms with Crippen molar-refractivity contribution >= 4 is 40.7 Å². The molecule has 1 aromatic carbocycles. The van der Waals surface area contributed by atoms with Crippen LogP contribution in [0.1, 0.15) is 0 Å². The van der Waals surface area contributed by atoms with E-state index in [1.807, 2.05) is 0 Å². The van der Waals surface area contributed by atoms with Gasteiger partial charge < -0.3 is 10.4 Å². The zero-order valence-electron chi connectivity index (χ0n) is 9.52. The van der Waals surface area contributed by atoms with Crippen LogP contribution < -0.4 is 10.6 Å². The van der Waals surface area contributed by atoms with Crippen molar-refractivity contribution in [2.45, 2.75) is 0 Å². The summed E-state index contributed by atoms with van der Waals surface area (Å²) in [5.74, 6) is -0.0759. The first-order valence-electron chi connectivity index (χ1n) is 5.24. The highest BCUT2D eigenvalue weighted by atomic mass is 35.5. The molecule has 3 N–H and O–H groups in total. The largest absolute Gasteiger partial charge is 0.504 e. The van der Waals surface area contributed by atoms with Gasteiger partial charge in [-0.1, -0.05) is 29.3 Å². The normalized spacial score (nSPS) is 10.0. The number of nitrogens with zero attached hydrogens (tertiary/aromatic N) is 1. The second kappa shape index (κ2) is 5.77. The lowest BCUT2D eigenvalue weighted by molar-refractivity contribution is 0.262. The Balaban J connectivity index is 2.10. The van der Waals surface area contributed by atoms with Gasteiger partial charge in [-0.3, -0.25) is 5.32 Å². The van der Waals surface area contributed by atoms with Gasteiger partial charge in [-0.15, -0.1) is 0 Å². The van der Waals surface area contributed by atoms with Crippen molar-refractivity contribution in [3.05, 3.63) is 46.6 Å². The number of rotatable bonds is 2. The molecule has 98 valence electrons. The molecular weight excluding hydrogens is 289 g/mol. The second-order valence-electron chi connectivity index (χ2n) is 3.55. The average molecular weight is 298 g/mol. The van der Waals surface area contributed by atoms with Crippen molar-refractivity contribution in [2.75, 3.05) is 10.6 Å². The molecule has 2 aromatic rings. The molecule has 0 atom stereocenters. The Morgan fingerprint density at radius 3 is 2.68 bits per heavy atom. The van der Waals surface area contributed by atoms with Gasteiger partial charge in [0.1, 0.15) is 0 Å². The number of halogens is 2. The van der Waals surface area contributed by atoms with Crippen LogP contribution in [0.25, 0.3) is 0 Å². The predicted molar refractivity (Wildman–Crippen MR) is 75.0 cm³/mol. The number of carbonyl (C=O) groups is 1. The zero-order chi connectivity index (χ0) is 13.8. The summed E-state index contributed by atoms with van der Waals surface area (Å²) in [6.07, 6.45) is 1.45. The third-order valence-electron chi connectivity index (χ3n) is 2.22. The van der Waals surface area contributed by atoms with E-state index in [0.717, 1.165) is 0 Å². The van der Waals surface area contributed by atoms with Crippen LogP contribution in [0.3, 0.4) is 0 Å². The van der Waals surface area contributed by atoms with Crippen molar-refractivity contribution in [1.82, 2.24) is 4.98 Å². The Morgan fingerprint density at radius 2 is 1.95 bits per heavy atom. The summed E-state index contributed by atoms with van der Waals surface area (Å²) in [5.41, 5.74) is 0.363. The number of benzene rings is 1. The molecule has 0 fully saturated rings. The van der Waals surface area contributed by atoms with E-state index >= 15 is 0 Å². The average Bonchev–Trinajstić information content (AvgIpc) is 2.38. The third kappa shape index (κ3) is 3.27. The standard InChI is InChI=1S/C12H9Cl2N3O2/c13-7-3-1-4-8(10(7)14)16-12(19)17-11-9(18)5-2-6-15-11/h1-6,18H,(H2,15,16,17,19). The number of anilines is 2. The molecule has 1 aromatic heterocycles. The highest BCUT2D eigenvalue weighted by Crippen LogP contribution is 2.29. The van der Waals surface area contributed by atoms with E-state index in [-0.39, 0.29) is 16.6 Å². The lowest BCUT2D eigenvalue weighted by atomic mass is 10.3. The lowest BCUT2D eigenvalue weighted by Gasteiger charge is -2.09. The van der Waals surface area contributed by atoms with E-state index < -0.39 is 6.03 Å². The summed E-state index contributed by atoms with van der Waals surface area (Å²) in [4.78, 5) is 15.5. The van der Waals surface area contributed by atoms with E-state index in [4.69, 9.17) is 23.2 Å².